The summed E-state index contributed by atoms with van der Waals surface area (Å²) in [5.41, 5.74) is 0. The maximum atomic E-state index is 12.8. The van der Waals surface area contributed by atoms with Crippen LogP contribution in [0.2, 0.25) is 0 Å². The van der Waals surface area contributed by atoms with Crippen molar-refractivity contribution < 1.29 is 28.6 Å². The van der Waals surface area contributed by atoms with Gasteiger partial charge in [-0.3, -0.25) is 14.4 Å². The van der Waals surface area contributed by atoms with E-state index in [2.05, 4.69) is 45.1 Å². The van der Waals surface area contributed by atoms with Gasteiger partial charge in [0.1, 0.15) is 13.2 Å². The van der Waals surface area contributed by atoms with Crippen LogP contribution in [-0.4, -0.2) is 37.2 Å². The van der Waals surface area contributed by atoms with Crippen LogP contribution in [0.1, 0.15) is 310 Å². The van der Waals surface area contributed by atoms with Gasteiger partial charge in [-0.2, -0.15) is 0 Å². The van der Waals surface area contributed by atoms with E-state index in [0.717, 1.165) is 64.2 Å². The second-order valence-corrected chi connectivity index (χ2v) is 19.2. The Morgan fingerprint density at radius 2 is 0.531 bits per heavy atom. The van der Waals surface area contributed by atoms with Gasteiger partial charge in [-0.05, 0) is 64.2 Å². The van der Waals surface area contributed by atoms with Crippen LogP contribution in [0.25, 0.3) is 0 Å². The quantitative estimate of drug-likeness (QED) is 0.0262. The normalized spacial score (nSPS) is 12.1. The Bertz CT molecular complexity index is 1040. The van der Waals surface area contributed by atoms with Crippen LogP contribution in [0.4, 0.5) is 0 Å². The number of carbonyl (C=O) groups is 3. The minimum atomic E-state index is -0.770. The number of hydrogen-bond donors (Lipinski definition) is 0. The third-order valence-corrected chi connectivity index (χ3v) is 12.7. The molecule has 0 spiro atoms. The molecule has 0 aromatic heterocycles. The van der Waals surface area contributed by atoms with Gasteiger partial charge in [-0.25, -0.2) is 0 Å². The number of allylic oxidation sites excluding steroid dienone is 4. The first-order valence-electron chi connectivity index (χ1n) is 28.3. The molecule has 0 bridgehead atoms. The highest BCUT2D eigenvalue weighted by Crippen LogP contribution is 2.16. The third kappa shape index (κ3) is 50.9. The molecule has 0 rings (SSSR count). The molecule has 0 aliphatic heterocycles. The van der Waals surface area contributed by atoms with Gasteiger partial charge in [0.05, 0.1) is 0 Å². The molecule has 0 aliphatic carbocycles. The highest BCUT2D eigenvalue weighted by Gasteiger charge is 2.19. The number of carbonyl (C=O) groups excluding carboxylic acids is 3. The van der Waals surface area contributed by atoms with E-state index in [1.54, 1.807) is 0 Å². The van der Waals surface area contributed by atoms with Gasteiger partial charge in [-0.1, -0.05) is 251 Å². The van der Waals surface area contributed by atoms with Crippen molar-refractivity contribution in [2.75, 3.05) is 13.2 Å². The zero-order chi connectivity index (χ0) is 46.5. The van der Waals surface area contributed by atoms with E-state index in [1.807, 2.05) is 0 Å². The summed E-state index contributed by atoms with van der Waals surface area (Å²) in [6, 6.07) is 0. The van der Waals surface area contributed by atoms with Crippen molar-refractivity contribution in [2.45, 2.75) is 316 Å². The molecule has 6 heteroatoms. The molecule has 0 aromatic rings. The van der Waals surface area contributed by atoms with Gasteiger partial charge in [0.2, 0.25) is 0 Å². The molecule has 64 heavy (non-hydrogen) atoms. The molecular formula is C58H108O6. The predicted octanol–water partition coefficient (Wildman–Crippen LogP) is 18.7. The molecule has 376 valence electrons. The van der Waals surface area contributed by atoms with Crippen LogP contribution >= 0.6 is 0 Å². The minimum absolute atomic E-state index is 0.0709. The molecule has 0 radical (unpaired) electrons. The van der Waals surface area contributed by atoms with E-state index in [0.29, 0.717) is 19.3 Å². The SMILES string of the molecule is CCCC/C=C\CCCCCCCC(=O)OCC(COC(=O)CCCCCCCCCCC/C=C\CCCCCCCCCC)OC(=O)CCCCCCCCCCCCCCCC. The lowest BCUT2D eigenvalue weighted by molar-refractivity contribution is -0.167. The summed E-state index contributed by atoms with van der Waals surface area (Å²) < 4.78 is 16.8. The lowest BCUT2D eigenvalue weighted by atomic mass is 10.0. The molecule has 1 unspecified atom stereocenters. The van der Waals surface area contributed by atoms with E-state index < -0.39 is 6.10 Å². The summed E-state index contributed by atoms with van der Waals surface area (Å²) in [7, 11) is 0. The minimum Gasteiger partial charge on any atom is -0.462 e. The van der Waals surface area contributed by atoms with E-state index >= 15 is 0 Å². The van der Waals surface area contributed by atoms with Crippen LogP contribution in [0.5, 0.6) is 0 Å². The summed E-state index contributed by atoms with van der Waals surface area (Å²) in [5, 5.41) is 0. The van der Waals surface area contributed by atoms with Crippen molar-refractivity contribution in [2.24, 2.45) is 0 Å². The Hall–Kier alpha value is -2.11. The first kappa shape index (κ1) is 61.9. The fourth-order valence-corrected chi connectivity index (χ4v) is 8.36. The lowest BCUT2D eigenvalue weighted by Crippen LogP contribution is -2.30. The standard InChI is InChI=1S/C58H108O6/c1-4-7-10-13-16-19-22-24-26-27-28-29-30-31-32-34-36-39-42-45-48-51-57(60)63-54-55(53-62-56(59)50-47-44-41-38-35-21-18-15-12-9-6-3)64-58(61)52-49-46-43-40-37-33-25-23-20-17-14-11-8-5-2/h15,18,27-28,55H,4-14,16-17,19-26,29-54H2,1-3H3/b18-15-,28-27-. The smallest absolute Gasteiger partial charge is 0.306 e. The summed E-state index contributed by atoms with van der Waals surface area (Å²) in [6.45, 7) is 6.63. The van der Waals surface area contributed by atoms with Crippen molar-refractivity contribution in [3.05, 3.63) is 24.3 Å². The highest BCUT2D eigenvalue weighted by atomic mass is 16.6. The van der Waals surface area contributed by atoms with Crippen LogP contribution in [0.15, 0.2) is 24.3 Å². The van der Waals surface area contributed by atoms with E-state index in [9.17, 15) is 14.4 Å². The molecule has 0 saturated carbocycles. The molecule has 0 heterocycles. The Kier molecular flexibility index (Phi) is 51.7. The zero-order valence-corrected chi connectivity index (χ0v) is 43.1. The topological polar surface area (TPSA) is 78.9 Å². The molecule has 0 amide bonds. The Labute approximate surface area is 398 Å². The Balaban J connectivity index is 4.26. The summed E-state index contributed by atoms with van der Waals surface area (Å²) in [5.74, 6) is -0.866. The molecule has 0 N–H and O–H groups in total. The van der Waals surface area contributed by atoms with E-state index in [4.69, 9.17) is 14.2 Å². The summed E-state index contributed by atoms with van der Waals surface area (Å²) in [6.07, 6.45) is 61.7. The molecule has 0 fully saturated rings. The number of rotatable bonds is 52. The fourth-order valence-electron chi connectivity index (χ4n) is 8.36. The third-order valence-electron chi connectivity index (χ3n) is 12.7. The van der Waals surface area contributed by atoms with Gasteiger partial charge < -0.3 is 14.2 Å². The monoisotopic (exact) mass is 901 g/mol. The first-order valence-corrected chi connectivity index (χ1v) is 28.3. The van der Waals surface area contributed by atoms with Crippen LogP contribution in [0, 0.1) is 0 Å². The average Bonchev–Trinajstić information content (AvgIpc) is 3.29. The lowest BCUT2D eigenvalue weighted by Gasteiger charge is -2.18. The van der Waals surface area contributed by atoms with Gasteiger partial charge in [0.15, 0.2) is 6.10 Å². The largest absolute Gasteiger partial charge is 0.462 e. The number of esters is 3. The van der Waals surface area contributed by atoms with Crippen molar-refractivity contribution in [1.82, 2.24) is 0 Å². The van der Waals surface area contributed by atoms with Gasteiger partial charge >= 0.3 is 17.9 Å². The predicted molar refractivity (Wildman–Crippen MR) is 275 cm³/mol. The number of unbranched alkanes of at least 4 members (excludes halogenated alkanes) is 37. The van der Waals surface area contributed by atoms with Crippen LogP contribution < -0.4 is 0 Å². The second-order valence-electron chi connectivity index (χ2n) is 19.2. The van der Waals surface area contributed by atoms with E-state index in [1.165, 1.54) is 205 Å². The second kappa shape index (κ2) is 53.5. The molecule has 0 saturated heterocycles. The molecule has 0 aromatic carbocycles. The van der Waals surface area contributed by atoms with Gasteiger partial charge in [0, 0.05) is 19.3 Å². The number of hydrogen-bond acceptors (Lipinski definition) is 6. The van der Waals surface area contributed by atoms with Crippen LogP contribution in [0.3, 0.4) is 0 Å². The van der Waals surface area contributed by atoms with Crippen LogP contribution in [-0.2, 0) is 28.6 Å². The van der Waals surface area contributed by atoms with Gasteiger partial charge in [-0.15, -0.1) is 0 Å². The Morgan fingerprint density at radius 3 is 0.828 bits per heavy atom. The molecule has 6 nitrogen and oxygen atoms in total. The first-order chi connectivity index (χ1) is 31.5. The van der Waals surface area contributed by atoms with Crippen molar-refractivity contribution >= 4 is 17.9 Å². The molecule has 0 aliphatic rings. The summed E-state index contributed by atoms with van der Waals surface area (Å²) >= 11 is 0. The number of ether oxygens (including phenoxy) is 3. The van der Waals surface area contributed by atoms with E-state index in [-0.39, 0.29) is 31.1 Å². The Morgan fingerprint density at radius 1 is 0.297 bits per heavy atom. The highest BCUT2D eigenvalue weighted by molar-refractivity contribution is 5.71. The maximum absolute atomic E-state index is 12.8. The maximum Gasteiger partial charge on any atom is 0.306 e. The summed E-state index contributed by atoms with van der Waals surface area (Å²) in [4.78, 5) is 38.0. The molecule has 1 atom stereocenters. The van der Waals surface area contributed by atoms with Gasteiger partial charge in [0.25, 0.3) is 0 Å². The fraction of sp³-hybridized carbons (Fsp3) is 0.879. The van der Waals surface area contributed by atoms with Crippen molar-refractivity contribution in [3.8, 4) is 0 Å². The molecular weight excluding hydrogens is 793 g/mol. The average molecular weight is 901 g/mol. The van der Waals surface area contributed by atoms with Crippen molar-refractivity contribution in [1.29, 1.82) is 0 Å². The van der Waals surface area contributed by atoms with Crippen molar-refractivity contribution in [3.63, 3.8) is 0 Å². The zero-order valence-electron chi connectivity index (χ0n) is 43.1.